The van der Waals surface area contributed by atoms with E-state index in [0.717, 1.165) is 6.54 Å². The van der Waals surface area contributed by atoms with E-state index in [-0.39, 0.29) is 0 Å². The highest BCUT2D eigenvalue weighted by Crippen LogP contribution is 2.23. The van der Waals surface area contributed by atoms with Crippen LogP contribution >= 0.6 is 0 Å². The summed E-state index contributed by atoms with van der Waals surface area (Å²) in [6, 6.07) is 0.649. The zero-order valence-corrected chi connectivity index (χ0v) is 7.67. The minimum Gasteiger partial charge on any atom is -0.299 e. The number of likely N-dealkylation sites (tertiary alicyclic amines) is 1. The fourth-order valence-electron chi connectivity index (χ4n) is 1.64. The van der Waals surface area contributed by atoms with E-state index in [9.17, 15) is 0 Å². The fourth-order valence-corrected chi connectivity index (χ4v) is 1.64. The maximum atomic E-state index is 5.41. The molecule has 0 bridgehead atoms. The normalized spacial score (nSPS) is 32.6. The van der Waals surface area contributed by atoms with Crippen LogP contribution in [0.2, 0.25) is 0 Å². The van der Waals surface area contributed by atoms with Crippen molar-refractivity contribution in [2.45, 2.75) is 26.8 Å². The largest absolute Gasteiger partial charge is 0.299 e. The summed E-state index contributed by atoms with van der Waals surface area (Å²) >= 11 is 0. The minimum absolute atomic E-state index is 0.484. The molecule has 1 aliphatic heterocycles. The topological polar surface area (TPSA) is 3.24 Å². The first kappa shape index (κ1) is 8.62. The Morgan fingerprint density at radius 1 is 1.45 bits per heavy atom. The molecule has 62 valence electrons. The SMILES string of the molecule is C#CC1CN(C(C)C)CC1C. The van der Waals surface area contributed by atoms with Crippen LogP contribution in [0.15, 0.2) is 0 Å². The highest BCUT2D eigenvalue weighted by atomic mass is 15.2. The van der Waals surface area contributed by atoms with E-state index in [2.05, 4.69) is 31.6 Å². The molecule has 0 aromatic heterocycles. The van der Waals surface area contributed by atoms with Gasteiger partial charge >= 0.3 is 0 Å². The van der Waals surface area contributed by atoms with Crippen molar-refractivity contribution in [3.8, 4) is 12.3 Å². The summed E-state index contributed by atoms with van der Waals surface area (Å²) in [4.78, 5) is 2.45. The molecule has 0 N–H and O–H groups in total. The first-order chi connectivity index (χ1) is 5.15. The van der Waals surface area contributed by atoms with Crippen LogP contribution in [0, 0.1) is 24.2 Å². The Kier molecular flexibility index (Phi) is 2.57. The van der Waals surface area contributed by atoms with Gasteiger partial charge in [0.2, 0.25) is 0 Å². The van der Waals surface area contributed by atoms with E-state index in [1.54, 1.807) is 0 Å². The van der Waals surface area contributed by atoms with Crippen molar-refractivity contribution in [3.05, 3.63) is 0 Å². The standard InChI is InChI=1S/C10H17N/c1-5-10-7-11(8(2)3)6-9(10)4/h1,8-10H,6-7H2,2-4H3. The molecule has 1 fully saturated rings. The quantitative estimate of drug-likeness (QED) is 0.514. The Morgan fingerprint density at radius 3 is 2.36 bits per heavy atom. The molecule has 1 rings (SSSR count). The van der Waals surface area contributed by atoms with Gasteiger partial charge in [-0.3, -0.25) is 4.90 Å². The number of hydrogen-bond acceptors (Lipinski definition) is 1. The highest BCUT2D eigenvalue weighted by molar-refractivity contribution is 5.01. The van der Waals surface area contributed by atoms with Crippen molar-refractivity contribution in [2.75, 3.05) is 13.1 Å². The number of terminal acetylenes is 1. The zero-order valence-electron chi connectivity index (χ0n) is 7.67. The van der Waals surface area contributed by atoms with E-state index in [0.29, 0.717) is 17.9 Å². The predicted molar refractivity (Wildman–Crippen MR) is 48.2 cm³/mol. The van der Waals surface area contributed by atoms with Gasteiger partial charge in [0.25, 0.3) is 0 Å². The van der Waals surface area contributed by atoms with Gasteiger partial charge in [-0.15, -0.1) is 12.3 Å². The number of rotatable bonds is 1. The Morgan fingerprint density at radius 2 is 2.09 bits per heavy atom. The molecule has 0 amide bonds. The van der Waals surface area contributed by atoms with Gasteiger partial charge in [-0.2, -0.15) is 0 Å². The van der Waals surface area contributed by atoms with Crippen LogP contribution in [-0.4, -0.2) is 24.0 Å². The number of nitrogens with zero attached hydrogens (tertiary/aromatic N) is 1. The smallest absolute Gasteiger partial charge is 0.0365 e. The summed E-state index contributed by atoms with van der Waals surface area (Å²) in [5.74, 6) is 4.02. The average molecular weight is 151 g/mol. The molecule has 1 heteroatoms. The van der Waals surface area contributed by atoms with Gasteiger partial charge in [-0.05, 0) is 19.8 Å². The predicted octanol–water partition coefficient (Wildman–Crippen LogP) is 1.60. The first-order valence-electron chi connectivity index (χ1n) is 4.35. The van der Waals surface area contributed by atoms with Gasteiger partial charge in [0.05, 0.1) is 0 Å². The van der Waals surface area contributed by atoms with Crippen LogP contribution in [0.5, 0.6) is 0 Å². The molecule has 0 aromatic rings. The summed E-state index contributed by atoms with van der Waals surface area (Å²) in [6.45, 7) is 8.96. The van der Waals surface area contributed by atoms with Gasteiger partial charge in [-0.1, -0.05) is 6.92 Å². The summed E-state index contributed by atoms with van der Waals surface area (Å²) in [5, 5.41) is 0. The maximum Gasteiger partial charge on any atom is 0.0365 e. The van der Waals surface area contributed by atoms with Gasteiger partial charge < -0.3 is 0 Å². The second kappa shape index (κ2) is 3.28. The molecule has 1 aliphatic rings. The zero-order chi connectivity index (χ0) is 8.43. The van der Waals surface area contributed by atoms with Crippen LogP contribution in [0.4, 0.5) is 0 Å². The fraction of sp³-hybridized carbons (Fsp3) is 0.800. The molecule has 1 nitrogen and oxygen atoms in total. The Bertz CT molecular complexity index is 166. The highest BCUT2D eigenvalue weighted by Gasteiger charge is 2.28. The van der Waals surface area contributed by atoms with Crippen LogP contribution in [0.1, 0.15) is 20.8 Å². The van der Waals surface area contributed by atoms with Gasteiger partial charge in [0.15, 0.2) is 0 Å². The van der Waals surface area contributed by atoms with Gasteiger partial charge in [-0.25, -0.2) is 0 Å². The van der Waals surface area contributed by atoms with Crippen molar-refractivity contribution in [3.63, 3.8) is 0 Å². The molecule has 0 aliphatic carbocycles. The lowest BCUT2D eigenvalue weighted by molar-refractivity contribution is 0.265. The molecule has 2 unspecified atom stereocenters. The summed E-state index contributed by atoms with van der Waals surface area (Å²) < 4.78 is 0. The molecule has 2 atom stereocenters. The lowest BCUT2D eigenvalue weighted by Gasteiger charge is -2.19. The Hall–Kier alpha value is -0.480. The molecular formula is C10H17N. The van der Waals surface area contributed by atoms with E-state index < -0.39 is 0 Å². The molecule has 0 radical (unpaired) electrons. The Balaban J connectivity index is 2.51. The van der Waals surface area contributed by atoms with Crippen molar-refractivity contribution < 1.29 is 0 Å². The third-order valence-electron chi connectivity index (χ3n) is 2.58. The van der Waals surface area contributed by atoms with Crippen molar-refractivity contribution in [1.82, 2.24) is 4.90 Å². The van der Waals surface area contributed by atoms with E-state index in [1.807, 2.05) is 0 Å². The van der Waals surface area contributed by atoms with E-state index in [1.165, 1.54) is 6.54 Å². The lowest BCUT2D eigenvalue weighted by atomic mass is 10.00. The summed E-state index contributed by atoms with van der Waals surface area (Å²) in [5.41, 5.74) is 0. The molecule has 11 heavy (non-hydrogen) atoms. The van der Waals surface area contributed by atoms with E-state index in [4.69, 9.17) is 6.42 Å². The lowest BCUT2D eigenvalue weighted by Crippen LogP contribution is -2.28. The van der Waals surface area contributed by atoms with Gasteiger partial charge in [0.1, 0.15) is 0 Å². The van der Waals surface area contributed by atoms with Crippen molar-refractivity contribution in [1.29, 1.82) is 0 Å². The molecule has 0 spiro atoms. The minimum atomic E-state index is 0.484. The monoisotopic (exact) mass is 151 g/mol. The van der Waals surface area contributed by atoms with Crippen LogP contribution < -0.4 is 0 Å². The molecule has 0 saturated carbocycles. The van der Waals surface area contributed by atoms with E-state index >= 15 is 0 Å². The van der Waals surface area contributed by atoms with Crippen LogP contribution in [0.3, 0.4) is 0 Å². The maximum absolute atomic E-state index is 5.41. The molecule has 1 heterocycles. The molecule has 0 aromatic carbocycles. The first-order valence-corrected chi connectivity index (χ1v) is 4.35. The van der Waals surface area contributed by atoms with Crippen molar-refractivity contribution in [2.24, 2.45) is 11.8 Å². The summed E-state index contributed by atoms with van der Waals surface area (Å²) in [6.07, 6.45) is 5.41. The third-order valence-corrected chi connectivity index (χ3v) is 2.58. The van der Waals surface area contributed by atoms with Crippen LogP contribution in [0.25, 0.3) is 0 Å². The van der Waals surface area contributed by atoms with Gasteiger partial charge in [0, 0.05) is 25.0 Å². The third kappa shape index (κ3) is 1.75. The summed E-state index contributed by atoms with van der Waals surface area (Å²) in [7, 11) is 0. The van der Waals surface area contributed by atoms with Crippen molar-refractivity contribution >= 4 is 0 Å². The molecular weight excluding hydrogens is 134 g/mol. The second-order valence-electron chi connectivity index (χ2n) is 3.80. The van der Waals surface area contributed by atoms with Crippen LogP contribution in [-0.2, 0) is 0 Å². The second-order valence-corrected chi connectivity index (χ2v) is 3.80. The average Bonchev–Trinajstić information content (AvgIpc) is 2.31. The molecule has 1 saturated heterocycles. The number of hydrogen-bond donors (Lipinski definition) is 0. The Labute approximate surface area is 69.8 Å².